The van der Waals surface area contributed by atoms with Crippen LogP contribution in [0.25, 0.3) is 0 Å². The number of hydrogen-bond donors (Lipinski definition) is 1. The number of hydrogen-bond acceptors (Lipinski definition) is 3. The van der Waals surface area contributed by atoms with Crippen molar-refractivity contribution < 1.29 is 14.6 Å². The van der Waals surface area contributed by atoms with E-state index in [0.29, 0.717) is 34.7 Å². The van der Waals surface area contributed by atoms with Gasteiger partial charge in [0.05, 0.1) is 18.8 Å². The van der Waals surface area contributed by atoms with Gasteiger partial charge in [0.1, 0.15) is 0 Å². The highest BCUT2D eigenvalue weighted by molar-refractivity contribution is 5.26. The maximum Gasteiger partial charge on any atom is 0.171 e. The van der Waals surface area contributed by atoms with Gasteiger partial charge in [-0.3, -0.25) is 0 Å². The second-order valence-electron chi connectivity index (χ2n) is 12.7. The topological polar surface area (TPSA) is 38.7 Å². The molecule has 0 aromatic heterocycles. The molecule has 168 valence electrons. The second-order valence-corrected chi connectivity index (χ2v) is 12.7. The van der Waals surface area contributed by atoms with E-state index in [-0.39, 0.29) is 11.9 Å². The van der Waals surface area contributed by atoms with Crippen LogP contribution in [0.1, 0.15) is 85.5 Å². The largest absolute Gasteiger partial charge is 0.393 e. The van der Waals surface area contributed by atoms with Gasteiger partial charge in [0, 0.05) is 12.3 Å². The van der Waals surface area contributed by atoms with Crippen molar-refractivity contribution in [1.29, 1.82) is 0 Å². The zero-order chi connectivity index (χ0) is 20.9. The fraction of sp³-hybridized carbons (Fsp3) is 0.926. The van der Waals surface area contributed by atoms with Crippen LogP contribution in [-0.4, -0.2) is 29.7 Å². The molecule has 3 nitrogen and oxygen atoms in total. The highest BCUT2D eigenvalue weighted by Gasteiger charge is 2.68. The first-order chi connectivity index (χ1) is 14.3. The Morgan fingerprint density at radius 2 is 1.87 bits per heavy atom. The highest BCUT2D eigenvalue weighted by atomic mass is 16.7. The Labute approximate surface area is 183 Å². The maximum atomic E-state index is 10.3. The molecule has 2 saturated heterocycles. The van der Waals surface area contributed by atoms with Gasteiger partial charge in [-0.2, -0.15) is 0 Å². The minimum absolute atomic E-state index is 0.107. The van der Waals surface area contributed by atoms with Crippen molar-refractivity contribution in [2.24, 2.45) is 46.3 Å². The molecule has 0 aromatic rings. The van der Waals surface area contributed by atoms with Gasteiger partial charge >= 0.3 is 0 Å². The van der Waals surface area contributed by atoms with E-state index in [2.05, 4.69) is 33.8 Å². The molecule has 0 radical (unpaired) electrons. The lowest BCUT2D eigenvalue weighted by Gasteiger charge is -2.58. The fourth-order valence-electron chi connectivity index (χ4n) is 9.66. The number of rotatable bonds is 0. The first-order valence-electron chi connectivity index (χ1n) is 13.0. The van der Waals surface area contributed by atoms with Crippen LogP contribution in [0.3, 0.4) is 0 Å². The number of aliphatic hydroxyl groups excluding tert-OH is 1. The van der Waals surface area contributed by atoms with E-state index in [1.165, 1.54) is 38.5 Å². The molecule has 2 aliphatic heterocycles. The van der Waals surface area contributed by atoms with Gasteiger partial charge in [0.15, 0.2) is 5.79 Å². The third-order valence-electron chi connectivity index (χ3n) is 11.3. The highest BCUT2D eigenvalue weighted by Crippen LogP contribution is 2.70. The molecular formula is C27H42O3. The molecule has 3 heteroatoms. The average molecular weight is 415 g/mol. The Hall–Kier alpha value is -0.380. The summed E-state index contributed by atoms with van der Waals surface area (Å²) in [6, 6.07) is 0. The van der Waals surface area contributed by atoms with Crippen molar-refractivity contribution in [2.45, 2.75) is 103 Å². The van der Waals surface area contributed by atoms with Crippen molar-refractivity contribution in [3.05, 3.63) is 11.6 Å². The first kappa shape index (κ1) is 20.2. The molecule has 0 amide bonds. The van der Waals surface area contributed by atoms with Gasteiger partial charge in [0.2, 0.25) is 0 Å². The summed E-state index contributed by atoms with van der Waals surface area (Å²) < 4.78 is 13.3. The van der Waals surface area contributed by atoms with Crippen molar-refractivity contribution in [3.8, 4) is 0 Å². The Kier molecular flexibility index (Phi) is 4.44. The molecular weight excluding hydrogens is 372 g/mol. The molecule has 1 spiro atoms. The van der Waals surface area contributed by atoms with Crippen LogP contribution < -0.4 is 0 Å². The molecule has 1 N–H and O–H groups in total. The van der Waals surface area contributed by atoms with Gasteiger partial charge in [-0.05, 0) is 91.8 Å². The zero-order valence-electron chi connectivity index (χ0n) is 19.5. The number of ether oxygens (including phenoxy) is 2. The predicted octanol–water partition coefficient (Wildman–Crippen LogP) is 5.71. The summed E-state index contributed by atoms with van der Waals surface area (Å²) in [4.78, 5) is 0. The van der Waals surface area contributed by atoms with Gasteiger partial charge in [-0.1, -0.05) is 39.3 Å². The van der Waals surface area contributed by atoms with E-state index in [1.54, 1.807) is 5.57 Å². The van der Waals surface area contributed by atoms with Crippen molar-refractivity contribution in [3.63, 3.8) is 0 Å². The predicted molar refractivity (Wildman–Crippen MR) is 118 cm³/mol. The Bertz CT molecular complexity index is 736. The standard InChI is InChI=1S/C27H42O3/c1-16-7-12-27(29-15-16)17(2)24-23(30-27)14-22-20-6-5-18-13-19(28)8-10-25(18,3)21(20)9-11-26(22,24)4/h5,16-17,19-24,28H,6-15H2,1-4H3/t16-,17+,19-,20+,21-,22+,23+,24-,25-,26-,27+/m0/s1. The van der Waals surface area contributed by atoms with E-state index in [0.717, 1.165) is 43.6 Å². The van der Waals surface area contributed by atoms with Crippen molar-refractivity contribution in [2.75, 3.05) is 6.61 Å². The van der Waals surface area contributed by atoms with Crippen LogP contribution in [0.5, 0.6) is 0 Å². The van der Waals surface area contributed by atoms with Crippen molar-refractivity contribution >= 4 is 0 Å². The number of allylic oxidation sites excluding steroid dienone is 1. The minimum atomic E-state index is -0.294. The van der Waals surface area contributed by atoms with Crippen LogP contribution in [0, 0.1) is 46.3 Å². The first-order valence-corrected chi connectivity index (χ1v) is 13.0. The fourth-order valence-corrected chi connectivity index (χ4v) is 9.66. The molecule has 0 bridgehead atoms. The molecule has 0 unspecified atom stereocenters. The Balaban J connectivity index is 1.28. The van der Waals surface area contributed by atoms with E-state index in [4.69, 9.17) is 9.47 Å². The quantitative estimate of drug-likeness (QED) is 0.516. The second kappa shape index (κ2) is 6.58. The Morgan fingerprint density at radius 3 is 2.63 bits per heavy atom. The summed E-state index contributed by atoms with van der Waals surface area (Å²) >= 11 is 0. The smallest absolute Gasteiger partial charge is 0.171 e. The van der Waals surface area contributed by atoms with Crippen LogP contribution in [0.4, 0.5) is 0 Å². The van der Waals surface area contributed by atoms with Crippen LogP contribution in [0.2, 0.25) is 0 Å². The normalized spacial score (nSPS) is 59.8. The summed E-state index contributed by atoms with van der Waals surface area (Å²) in [6.07, 6.45) is 13.5. The monoisotopic (exact) mass is 414 g/mol. The lowest BCUT2D eigenvalue weighted by molar-refractivity contribution is -0.272. The van der Waals surface area contributed by atoms with E-state index in [9.17, 15) is 5.11 Å². The summed E-state index contributed by atoms with van der Waals surface area (Å²) in [5, 5.41) is 10.3. The van der Waals surface area contributed by atoms with Crippen LogP contribution >= 0.6 is 0 Å². The van der Waals surface area contributed by atoms with Gasteiger partial charge in [-0.15, -0.1) is 0 Å². The molecule has 6 aliphatic rings. The zero-order valence-corrected chi connectivity index (χ0v) is 19.5. The summed E-state index contributed by atoms with van der Waals surface area (Å²) in [7, 11) is 0. The lowest BCUT2D eigenvalue weighted by atomic mass is 9.47. The minimum Gasteiger partial charge on any atom is -0.393 e. The molecule has 30 heavy (non-hydrogen) atoms. The molecule has 6 rings (SSSR count). The summed E-state index contributed by atoms with van der Waals surface area (Å²) in [5.41, 5.74) is 2.31. The Morgan fingerprint density at radius 1 is 1.03 bits per heavy atom. The number of fused-ring (bicyclic) bond motifs is 7. The third kappa shape index (κ3) is 2.55. The number of aliphatic hydroxyl groups is 1. The maximum absolute atomic E-state index is 10.3. The summed E-state index contributed by atoms with van der Waals surface area (Å²) in [6.45, 7) is 10.8. The molecule has 11 atom stereocenters. The van der Waals surface area contributed by atoms with Gasteiger partial charge in [0.25, 0.3) is 0 Å². The SMILES string of the molecule is C[C@H]1CC[C@@]2(OC1)O[C@@H]1C[C@@H]3[C@@H]4CC=C5C[C@@H](O)CC[C@]5(C)[C@H]4CC[C@]3(C)[C@H]1[C@H]2C. The van der Waals surface area contributed by atoms with Crippen LogP contribution in [0.15, 0.2) is 11.6 Å². The molecule has 4 aliphatic carbocycles. The van der Waals surface area contributed by atoms with E-state index >= 15 is 0 Å². The molecule has 0 aromatic carbocycles. The van der Waals surface area contributed by atoms with Gasteiger partial charge < -0.3 is 14.6 Å². The molecule has 3 saturated carbocycles. The molecule has 2 heterocycles. The van der Waals surface area contributed by atoms with E-state index < -0.39 is 0 Å². The average Bonchev–Trinajstić information content (AvgIpc) is 3.16. The van der Waals surface area contributed by atoms with Crippen LogP contribution in [-0.2, 0) is 9.47 Å². The molecule has 5 fully saturated rings. The lowest BCUT2D eigenvalue weighted by Crippen LogP contribution is -2.52. The third-order valence-corrected chi connectivity index (χ3v) is 11.3. The summed E-state index contributed by atoms with van der Waals surface area (Å²) in [5.74, 6) is 3.94. The van der Waals surface area contributed by atoms with Crippen molar-refractivity contribution in [1.82, 2.24) is 0 Å². The van der Waals surface area contributed by atoms with Gasteiger partial charge in [-0.25, -0.2) is 0 Å². The van der Waals surface area contributed by atoms with E-state index in [1.807, 2.05) is 0 Å².